The van der Waals surface area contributed by atoms with Crippen molar-refractivity contribution in [2.24, 2.45) is 0 Å². The van der Waals surface area contributed by atoms with Gasteiger partial charge in [-0.2, -0.15) is 10.5 Å². The normalized spacial score (nSPS) is 15.5. The van der Waals surface area contributed by atoms with E-state index in [1.807, 2.05) is 36.4 Å². The lowest BCUT2D eigenvalue weighted by molar-refractivity contribution is 0.107. The first kappa shape index (κ1) is 15.0. The van der Waals surface area contributed by atoms with Crippen molar-refractivity contribution < 1.29 is 9.47 Å². The Hall–Kier alpha value is -2.90. The molecule has 0 bridgehead atoms. The van der Waals surface area contributed by atoms with Gasteiger partial charge in [-0.1, -0.05) is 12.1 Å². The number of para-hydroxylation sites is 2. The highest BCUT2D eigenvalue weighted by atomic mass is 32.2. The summed E-state index contributed by atoms with van der Waals surface area (Å²) in [6, 6.07) is 12.9. The van der Waals surface area contributed by atoms with Gasteiger partial charge in [0.05, 0.1) is 11.1 Å². The molecule has 0 fully saturated rings. The van der Waals surface area contributed by atoms with E-state index in [0.717, 1.165) is 5.75 Å². The number of nitriles is 2. The Labute approximate surface area is 137 Å². The van der Waals surface area contributed by atoms with Crippen LogP contribution < -0.4 is 15.2 Å². The Morgan fingerprint density at radius 3 is 2.70 bits per heavy atom. The number of ether oxygens (including phenoxy) is 2. The SMILES string of the molecule is N#Cc1cc(C#N)c(SCC2COc3ccccc3O2)nc1N. The van der Waals surface area contributed by atoms with Gasteiger partial charge in [-0.05, 0) is 18.2 Å². The second kappa shape index (κ2) is 6.47. The largest absolute Gasteiger partial charge is 0.486 e. The van der Waals surface area contributed by atoms with Crippen LogP contribution in [0.4, 0.5) is 5.82 Å². The number of hydrogen-bond acceptors (Lipinski definition) is 7. The molecule has 7 heteroatoms. The van der Waals surface area contributed by atoms with E-state index in [1.54, 1.807) is 0 Å². The zero-order valence-corrected chi connectivity index (χ0v) is 12.8. The van der Waals surface area contributed by atoms with Crippen LogP contribution in [0.2, 0.25) is 0 Å². The molecule has 1 unspecified atom stereocenters. The van der Waals surface area contributed by atoms with Gasteiger partial charge >= 0.3 is 0 Å². The maximum absolute atomic E-state index is 9.19. The van der Waals surface area contributed by atoms with Crippen molar-refractivity contribution >= 4 is 17.6 Å². The average Bonchev–Trinajstić information content (AvgIpc) is 2.59. The Balaban J connectivity index is 1.71. The van der Waals surface area contributed by atoms with E-state index in [0.29, 0.717) is 28.7 Å². The van der Waals surface area contributed by atoms with Gasteiger partial charge in [-0.3, -0.25) is 0 Å². The zero-order chi connectivity index (χ0) is 16.2. The van der Waals surface area contributed by atoms with Crippen LogP contribution in [-0.4, -0.2) is 23.4 Å². The molecule has 23 heavy (non-hydrogen) atoms. The van der Waals surface area contributed by atoms with E-state index in [9.17, 15) is 5.26 Å². The number of thioether (sulfide) groups is 1. The summed E-state index contributed by atoms with van der Waals surface area (Å²) in [5, 5.41) is 18.6. The Morgan fingerprint density at radius 1 is 1.22 bits per heavy atom. The van der Waals surface area contributed by atoms with Crippen LogP contribution in [0.3, 0.4) is 0 Å². The Morgan fingerprint density at radius 2 is 1.96 bits per heavy atom. The molecule has 114 valence electrons. The number of fused-ring (bicyclic) bond motifs is 1. The number of anilines is 1. The third-order valence-electron chi connectivity index (χ3n) is 3.23. The van der Waals surface area contributed by atoms with Crippen LogP contribution in [0.5, 0.6) is 11.5 Å². The predicted molar refractivity (Wildman–Crippen MR) is 85.2 cm³/mol. The van der Waals surface area contributed by atoms with Crippen molar-refractivity contribution in [1.82, 2.24) is 4.98 Å². The Kier molecular flexibility index (Phi) is 4.22. The third-order valence-corrected chi connectivity index (χ3v) is 4.35. The summed E-state index contributed by atoms with van der Waals surface area (Å²) < 4.78 is 11.5. The van der Waals surface area contributed by atoms with Crippen LogP contribution in [0.25, 0.3) is 0 Å². The fourth-order valence-corrected chi connectivity index (χ4v) is 3.04. The first-order chi connectivity index (χ1) is 11.2. The maximum Gasteiger partial charge on any atom is 0.161 e. The highest BCUT2D eigenvalue weighted by molar-refractivity contribution is 7.99. The molecule has 6 nitrogen and oxygen atoms in total. The molecule has 1 atom stereocenters. The van der Waals surface area contributed by atoms with Crippen molar-refractivity contribution in [3.63, 3.8) is 0 Å². The smallest absolute Gasteiger partial charge is 0.161 e. The number of rotatable bonds is 3. The molecule has 0 amide bonds. The van der Waals surface area contributed by atoms with Crippen LogP contribution >= 0.6 is 11.8 Å². The topological polar surface area (TPSA) is 105 Å². The molecule has 0 saturated heterocycles. The van der Waals surface area contributed by atoms with Gasteiger partial charge in [0.1, 0.15) is 35.7 Å². The van der Waals surface area contributed by atoms with Gasteiger partial charge < -0.3 is 15.2 Å². The summed E-state index contributed by atoms with van der Waals surface area (Å²) in [4.78, 5) is 4.14. The Bertz CT molecular complexity index is 826. The molecule has 0 radical (unpaired) electrons. The highest BCUT2D eigenvalue weighted by Crippen LogP contribution is 2.33. The van der Waals surface area contributed by atoms with E-state index >= 15 is 0 Å². The first-order valence-electron chi connectivity index (χ1n) is 6.83. The molecule has 1 aromatic heterocycles. The number of aromatic nitrogens is 1. The number of pyridine rings is 1. The fraction of sp³-hybridized carbons (Fsp3) is 0.188. The molecule has 2 heterocycles. The standard InChI is InChI=1S/C16H12N4O2S/c17-6-10-5-11(7-18)16(20-15(10)19)23-9-12-8-21-13-3-1-2-4-14(13)22-12/h1-5,12H,8-9H2,(H2,19,20). The van der Waals surface area contributed by atoms with Crippen LogP contribution in [0, 0.1) is 22.7 Å². The van der Waals surface area contributed by atoms with Crippen molar-refractivity contribution in [3.05, 3.63) is 41.5 Å². The van der Waals surface area contributed by atoms with E-state index in [4.69, 9.17) is 20.5 Å². The summed E-state index contributed by atoms with van der Waals surface area (Å²) in [5.74, 6) is 2.12. The highest BCUT2D eigenvalue weighted by Gasteiger charge is 2.21. The molecule has 2 N–H and O–H groups in total. The van der Waals surface area contributed by atoms with E-state index < -0.39 is 0 Å². The van der Waals surface area contributed by atoms with Gasteiger partial charge in [0.2, 0.25) is 0 Å². The van der Waals surface area contributed by atoms with Crippen molar-refractivity contribution in [3.8, 4) is 23.6 Å². The van der Waals surface area contributed by atoms with Gasteiger partial charge in [0.25, 0.3) is 0 Å². The van der Waals surface area contributed by atoms with Crippen molar-refractivity contribution in [1.29, 1.82) is 10.5 Å². The fourth-order valence-electron chi connectivity index (χ4n) is 2.11. The summed E-state index contributed by atoms with van der Waals surface area (Å²) in [7, 11) is 0. The van der Waals surface area contributed by atoms with Crippen molar-refractivity contribution in [2.45, 2.75) is 11.1 Å². The molecular weight excluding hydrogens is 312 g/mol. The molecule has 2 aromatic rings. The first-order valence-corrected chi connectivity index (χ1v) is 7.82. The lowest BCUT2D eigenvalue weighted by Gasteiger charge is -2.26. The number of nitrogen functional groups attached to an aromatic ring is 1. The summed E-state index contributed by atoms with van der Waals surface area (Å²) in [6.07, 6.45) is -0.153. The monoisotopic (exact) mass is 324 g/mol. The van der Waals surface area contributed by atoms with E-state index in [1.165, 1.54) is 17.8 Å². The lowest BCUT2D eigenvalue weighted by Crippen LogP contribution is -2.31. The number of nitrogens with zero attached hydrogens (tertiary/aromatic N) is 3. The van der Waals surface area contributed by atoms with E-state index in [-0.39, 0.29) is 17.5 Å². The summed E-state index contributed by atoms with van der Waals surface area (Å²) >= 11 is 1.36. The summed E-state index contributed by atoms with van der Waals surface area (Å²) in [5.41, 5.74) is 6.25. The lowest BCUT2D eigenvalue weighted by atomic mass is 10.2. The number of benzene rings is 1. The molecule has 1 aliphatic heterocycles. The van der Waals surface area contributed by atoms with Crippen LogP contribution in [-0.2, 0) is 0 Å². The second-order valence-corrected chi connectivity index (χ2v) is 5.81. The minimum Gasteiger partial charge on any atom is -0.486 e. The maximum atomic E-state index is 9.19. The molecule has 1 aromatic carbocycles. The molecule has 1 aliphatic rings. The van der Waals surface area contributed by atoms with Gasteiger partial charge in [0.15, 0.2) is 11.5 Å². The zero-order valence-electron chi connectivity index (χ0n) is 12.0. The van der Waals surface area contributed by atoms with Gasteiger partial charge in [-0.25, -0.2) is 4.98 Å². The van der Waals surface area contributed by atoms with Crippen molar-refractivity contribution in [2.75, 3.05) is 18.1 Å². The minimum atomic E-state index is -0.153. The third kappa shape index (κ3) is 3.15. The second-order valence-electron chi connectivity index (χ2n) is 4.81. The van der Waals surface area contributed by atoms with Gasteiger partial charge in [0, 0.05) is 5.75 Å². The number of hydrogen-bond donors (Lipinski definition) is 1. The molecular formula is C16H12N4O2S. The molecule has 0 aliphatic carbocycles. The van der Waals surface area contributed by atoms with Gasteiger partial charge in [-0.15, -0.1) is 11.8 Å². The molecule has 3 rings (SSSR count). The van der Waals surface area contributed by atoms with E-state index in [2.05, 4.69) is 4.98 Å². The quantitative estimate of drug-likeness (QED) is 0.864. The predicted octanol–water partition coefficient (Wildman–Crippen LogP) is 2.34. The minimum absolute atomic E-state index is 0.125. The average molecular weight is 324 g/mol. The molecule has 0 spiro atoms. The van der Waals surface area contributed by atoms with Crippen LogP contribution in [0.15, 0.2) is 35.4 Å². The number of nitrogens with two attached hydrogens (primary N) is 1. The summed E-state index contributed by atoms with van der Waals surface area (Å²) in [6.45, 7) is 0.428. The molecule has 0 saturated carbocycles. The van der Waals surface area contributed by atoms with Crippen LogP contribution in [0.1, 0.15) is 11.1 Å².